The Kier molecular flexibility index (Phi) is 4.79. The van der Waals surface area contributed by atoms with Crippen molar-refractivity contribution in [3.8, 4) is 0 Å². The smallest absolute Gasteiger partial charge is 0.324 e. The number of ether oxygens (including phenoxy) is 1. The minimum absolute atomic E-state index is 0.0713. The topological polar surface area (TPSA) is 76.1 Å². The number of para-hydroxylation sites is 2. The molecule has 4 rings (SSSR count). The number of hydrogen-bond donors (Lipinski definition) is 2. The number of nitrogens with one attached hydrogen (secondary N) is 2. The third kappa shape index (κ3) is 3.79. The Morgan fingerprint density at radius 1 is 1.11 bits per heavy atom. The molecule has 2 unspecified atom stereocenters. The minimum Gasteiger partial charge on any atom is -0.458 e. The lowest BCUT2D eigenvalue weighted by Crippen LogP contribution is -2.37. The summed E-state index contributed by atoms with van der Waals surface area (Å²) >= 11 is 0. The fourth-order valence-electron chi connectivity index (χ4n) is 3.13. The summed E-state index contributed by atoms with van der Waals surface area (Å²) in [7, 11) is 0. The average Bonchev–Trinajstić information content (AvgIpc) is 3.17. The predicted molar refractivity (Wildman–Crippen MR) is 97.9 cm³/mol. The van der Waals surface area contributed by atoms with E-state index in [9.17, 15) is 9.18 Å². The van der Waals surface area contributed by atoms with Crippen LogP contribution >= 0.6 is 0 Å². The Labute approximate surface area is 155 Å². The molecular weight excluding hydrogens is 347 g/mol. The highest BCUT2D eigenvalue weighted by molar-refractivity contribution is 5.76. The molecule has 138 valence electrons. The first-order valence-electron chi connectivity index (χ1n) is 8.75. The number of carbonyl (C=O) groups excluding carboxylic acids is 1. The SMILES string of the molecule is Cc1nc2ccccc2nc1COC(=O)C1CC(c2ccc(F)cc2)NN1. The summed E-state index contributed by atoms with van der Waals surface area (Å²) in [4.78, 5) is 21.4. The highest BCUT2D eigenvalue weighted by Gasteiger charge is 2.31. The first kappa shape index (κ1) is 17.5. The van der Waals surface area contributed by atoms with E-state index < -0.39 is 6.04 Å². The number of rotatable bonds is 4. The Bertz CT molecular complexity index is 977. The van der Waals surface area contributed by atoms with Gasteiger partial charge in [-0.3, -0.25) is 4.79 Å². The van der Waals surface area contributed by atoms with Gasteiger partial charge in [-0.15, -0.1) is 0 Å². The average molecular weight is 366 g/mol. The Hall–Kier alpha value is -2.90. The summed E-state index contributed by atoms with van der Waals surface area (Å²) in [5, 5.41) is 0. The first-order valence-corrected chi connectivity index (χ1v) is 8.75. The van der Waals surface area contributed by atoms with E-state index >= 15 is 0 Å². The van der Waals surface area contributed by atoms with Gasteiger partial charge in [0.15, 0.2) is 0 Å². The van der Waals surface area contributed by atoms with Gasteiger partial charge in [-0.1, -0.05) is 24.3 Å². The highest BCUT2D eigenvalue weighted by Crippen LogP contribution is 2.23. The molecule has 2 atom stereocenters. The minimum atomic E-state index is -0.478. The molecule has 0 bridgehead atoms. The van der Waals surface area contributed by atoms with Crippen LogP contribution in [0.2, 0.25) is 0 Å². The summed E-state index contributed by atoms with van der Waals surface area (Å²) in [6.45, 7) is 1.92. The number of fused-ring (bicyclic) bond motifs is 1. The molecular formula is C20H19FN4O2. The number of nitrogens with zero attached hydrogens (tertiary/aromatic N) is 2. The third-order valence-electron chi connectivity index (χ3n) is 4.65. The first-order chi connectivity index (χ1) is 13.1. The van der Waals surface area contributed by atoms with E-state index in [4.69, 9.17) is 4.74 Å². The van der Waals surface area contributed by atoms with E-state index in [0.29, 0.717) is 12.1 Å². The lowest BCUT2D eigenvalue weighted by Gasteiger charge is -2.11. The van der Waals surface area contributed by atoms with Crippen LogP contribution in [0.1, 0.15) is 29.4 Å². The second-order valence-corrected chi connectivity index (χ2v) is 6.53. The van der Waals surface area contributed by atoms with Gasteiger partial charge < -0.3 is 4.74 Å². The van der Waals surface area contributed by atoms with Crippen LogP contribution in [0.25, 0.3) is 11.0 Å². The number of aryl methyl sites for hydroxylation is 1. The monoisotopic (exact) mass is 366 g/mol. The largest absolute Gasteiger partial charge is 0.458 e. The highest BCUT2D eigenvalue weighted by atomic mass is 19.1. The van der Waals surface area contributed by atoms with E-state index in [1.807, 2.05) is 31.2 Å². The molecule has 0 aliphatic carbocycles. The molecule has 7 heteroatoms. The lowest BCUT2D eigenvalue weighted by atomic mass is 10.0. The van der Waals surface area contributed by atoms with E-state index in [-0.39, 0.29) is 24.4 Å². The molecule has 0 spiro atoms. The van der Waals surface area contributed by atoms with Crippen molar-refractivity contribution in [2.75, 3.05) is 0 Å². The molecule has 2 N–H and O–H groups in total. The maximum absolute atomic E-state index is 13.0. The van der Waals surface area contributed by atoms with Crippen molar-refractivity contribution >= 4 is 17.0 Å². The van der Waals surface area contributed by atoms with Gasteiger partial charge in [0.1, 0.15) is 18.5 Å². The van der Waals surface area contributed by atoms with E-state index in [0.717, 1.165) is 22.3 Å². The second-order valence-electron chi connectivity index (χ2n) is 6.53. The number of hydrazine groups is 1. The maximum Gasteiger partial charge on any atom is 0.324 e. The van der Waals surface area contributed by atoms with E-state index in [1.54, 1.807) is 12.1 Å². The van der Waals surface area contributed by atoms with Crippen LogP contribution in [-0.4, -0.2) is 22.0 Å². The van der Waals surface area contributed by atoms with Crippen molar-refractivity contribution in [1.29, 1.82) is 0 Å². The number of halogens is 1. The van der Waals surface area contributed by atoms with Gasteiger partial charge in [-0.25, -0.2) is 25.2 Å². The van der Waals surface area contributed by atoms with E-state index in [1.165, 1.54) is 12.1 Å². The number of benzene rings is 2. The molecule has 1 aliphatic heterocycles. The molecule has 0 amide bonds. The zero-order valence-electron chi connectivity index (χ0n) is 14.8. The zero-order chi connectivity index (χ0) is 18.8. The third-order valence-corrected chi connectivity index (χ3v) is 4.65. The van der Waals surface area contributed by atoms with E-state index in [2.05, 4.69) is 20.8 Å². The van der Waals surface area contributed by atoms with Crippen LogP contribution in [-0.2, 0) is 16.1 Å². The van der Waals surface area contributed by atoms with Crippen LogP contribution in [0.3, 0.4) is 0 Å². The van der Waals surface area contributed by atoms with Crippen molar-refractivity contribution in [1.82, 2.24) is 20.8 Å². The Balaban J connectivity index is 1.38. The van der Waals surface area contributed by atoms with Gasteiger partial charge in [0.2, 0.25) is 0 Å². The number of hydrogen-bond acceptors (Lipinski definition) is 6. The van der Waals surface area contributed by atoms with Gasteiger partial charge in [0, 0.05) is 6.04 Å². The molecule has 1 saturated heterocycles. The normalized spacial score (nSPS) is 19.3. The Morgan fingerprint density at radius 2 is 1.81 bits per heavy atom. The number of aromatic nitrogens is 2. The van der Waals surface area contributed by atoms with Crippen LogP contribution in [0.4, 0.5) is 4.39 Å². The zero-order valence-corrected chi connectivity index (χ0v) is 14.8. The molecule has 6 nitrogen and oxygen atoms in total. The maximum atomic E-state index is 13.0. The number of esters is 1. The summed E-state index contributed by atoms with van der Waals surface area (Å²) in [5.74, 6) is -0.644. The summed E-state index contributed by atoms with van der Waals surface area (Å²) in [6, 6.07) is 13.2. The molecule has 1 aromatic heterocycles. The lowest BCUT2D eigenvalue weighted by molar-refractivity contribution is -0.147. The van der Waals surface area contributed by atoms with Crippen LogP contribution in [0, 0.1) is 12.7 Å². The predicted octanol–water partition coefficient (Wildman–Crippen LogP) is 2.73. The molecule has 1 aliphatic rings. The van der Waals surface area contributed by atoms with Gasteiger partial charge >= 0.3 is 5.97 Å². The van der Waals surface area contributed by atoms with Crippen molar-refractivity contribution in [2.24, 2.45) is 0 Å². The number of carbonyl (C=O) groups is 1. The van der Waals surface area contributed by atoms with Crippen LogP contribution in [0.15, 0.2) is 48.5 Å². The summed E-state index contributed by atoms with van der Waals surface area (Å²) in [6.07, 6.45) is 0.521. The molecule has 0 saturated carbocycles. The van der Waals surface area contributed by atoms with Crippen LogP contribution < -0.4 is 10.9 Å². The molecule has 2 heterocycles. The van der Waals surface area contributed by atoms with Gasteiger partial charge in [-0.2, -0.15) is 0 Å². The van der Waals surface area contributed by atoms with Crippen molar-refractivity contribution < 1.29 is 13.9 Å². The quantitative estimate of drug-likeness (QED) is 0.692. The van der Waals surface area contributed by atoms with Gasteiger partial charge in [-0.05, 0) is 43.2 Å². The van der Waals surface area contributed by atoms with Crippen molar-refractivity contribution in [3.63, 3.8) is 0 Å². The fourth-order valence-corrected chi connectivity index (χ4v) is 3.13. The molecule has 27 heavy (non-hydrogen) atoms. The van der Waals surface area contributed by atoms with Crippen molar-refractivity contribution in [3.05, 3.63) is 71.3 Å². The van der Waals surface area contributed by atoms with Gasteiger partial charge in [0.25, 0.3) is 0 Å². The van der Waals surface area contributed by atoms with Crippen molar-refractivity contribution in [2.45, 2.75) is 32.0 Å². The fraction of sp³-hybridized carbons (Fsp3) is 0.250. The van der Waals surface area contributed by atoms with Crippen LogP contribution in [0.5, 0.6) is 0 Å². The second kappa shape index (κ2) is 7.38. The molecule has 0 radical (unpaired) electrons. The molecule has 1 fully saturated rings. The standard InChI is InChI=1S/C20H19FN4O2/c1-12-19(23-16-5-3-2-4-15(16)22-12)11-27-20(26)18-10-17(24-25-18)13-6-8-14(21)9-7-13/h2-9,17-18,24-25H,10-11H2,1H3. The summed E-state index contributed by atoms with van der Waals surface area (Å²) < 4.78 is 18.5. The van der Waals surface area contributed by atoms with Gasteiger partial charge in [0.05, 0.1) is 22.4 Å². The summed E-state index contributed by atoms with van der Waals surface area (Å²) in [5.41, 5.74) is 9.88. The molecule has 3 aromatic rings. The molecule has 2 aromatic carbocycles. The Morgan fingerprint density at radius 3 is 2.56 bits per heavy atom.